The van der Waals surface area contributed by atoms with Crippen LogP contribution in [0.3, 0.4) is 0 Å². The molecule has 0 aromatic rings. The smallest absolute Gasteiger partial charge is 0.150 e. The fourth-order valence-electron chi connectivity index (χ4n) is 3.61. The fourth-order valence-corrected chi connectivity index (χ4v) is 7.88. The fraction of sp³-hybridized carbons (Fsp3) is 1.00. The minimum Gasteiger partial charge on any atom is -0.316 e. The van der Waals surface area contributed by atoms with Gasteiger partial charge in [0.2, 0.25) is 0 Å². The number of hydrogen-bond acceptors (Lipinski definition) is 5. The van der Waals surface area contributed by atoms with Gasteiger partial charge in [-0.1, -0.05) is 13.3 Å². The first-order valence-electron chi connectivity index (χ1n) is 7.53. The van der Waals surface area contributed by atoms with Gasteiger partial charge in [0.05, 0.1) is 5.25 Å². The molecule has 0 amide bonds. The van der Waals surface area contributed by atoms with Gasteiger partial charge in [-0.2, -0.15) is 23.5 Å². The molecule has 0 aromatic heterocycles. The van der Waals surface area contributed by atoms with Crippen molar-refractivity contribution in [3.63, 3.8) is 0 Å². The average Bonchev–Trinajstić information content (AvgIpc) is 2.41. The zero-order chi connectivity index (χ0) is 14.8. The van der Waals surface area contributed by atoms with E-state index in [0.717, 1.165) is 19.3 Å². The van der Waals surface area contributed by atoms with Gasteiger partial charge in [-0.05, 0) is 32.2 Å². The summed E-state index contributed by atoms with van der Waals surface area (Å²) in [5.41, 5.74) is 0. The molecule has 6 heteroatoms. The molecular weight excluding hydrogens is 310 g/mol. The van der Waals surface area contributed by atoms with Crippen LogP contribution >= 0.6 is 23.5 Å². The van der Waals surface area contributed by atoms with Crippen molar-refractivity contribution >= 4 is 33.4 Å². The van der Waals surface area contributed by atoms with E-state index in [1.165, 1.54) is 24.2 Å². The molecule has 0 aromatic carbocycles. The molecule has 0 bridgehead atoms. The molecule has 5 unspecified atom stereocenters. The predicted molar refractivity (Wildman–Crippen MR) is 91.6 cm³/mol. The monoisotopic (exact) mass is 337 g/mol. The Hall–Kier alpha value is 0.610. The van der Waals surface area contributed by atoms with Crippen molar-refractivity contribution < 1.29 is 8.42 Å². The molecule has 1 saturated carbocycles. The van der Waals surface area contributed by atoms with Crippen LogP contribution in [0.25, 0.3) is 0 Å². The van der Waals surface area contributed by atoms with Crippen molar-refractivity contribution in [3.8, 4) is 0 Å². The summed E-state index contributed by atoms with van der Waals surface area (Å²) in [6.07, 6.45) is 5.33. The Bertz CT molecular complexity index is 413. The second-order valence-electron chi connectivity index (χ2n) is 6.10. The topological polar surface area (TPSA) is 46.2 Å². The van der Waals surface area contributed by atoms with Gasteiger partial charge in [-0.15, -0.1) is 0 Å². The molecule has 1 saturated heterocycles. The van der Waals surface area contributed by atoms with Crippen molar-refractivity contribution in [1.82, 2.24) is 5.32 Å². The van der Waals surface area contributed by atoms with Crippen LogP contribution in [0.2, 0.25) is 0 Å². The third-order valence-electron chi connectivity index (χ3n) is 4.70. The molecule has 2 fully saturated rings. The maximum Gasteiger partial charge on any atom is 0.150 e. The van der Waals surface area contributed by atoms with Gasteiger partial charge >= 0.3 is 0 Å². The molecule has 1 N–H and O–H groups in total. The summed E-state index contributed by atoms with van der Waals surface area (Å²) in [7, 11) is -0.842. The molecule has 5 atom stereocenters. The van der Waals surface area contributed by atoms with E-state index in [0.29, 0.717) is 22.5 Å². The predicted octanol–water partition coefficient (Wildman–Crippen LogP) is 2.41. The lowest BCUT2D eigenvalue weighted by molar-refractivity contribution is 0.273. The maximum absolute atomic E-state index is 11.9. The van der Waals surface area contributed by atoms with E-state index in [1.807, 2.05) is 7.05 Å². The molecule has 2 aliphatic rings. The Morgan fingerprint density at radius 3 is 2.50 bits per heavy atom. The molecule has 3 nitrogen and oxygen atoms in total. The van der Waals surface area contributed by atoms with Gasteiger partial charge in [0.25, 0.3) is 0 Å². The molecule has 1 aliphatic carbocycles. The van der Waals surface area contributed by atoms with E-state index < -0.39 is 9.84 Å². The summed E-state index contributed by atoms with van der Waals surface area (Å²) >= 11 is 4.13. The molecular formula is C14H27NO2S3. The minimum absolute atomic E-state index is 0.117. The van der Waals surface area contributed by atoms with Crippen LogP contribution in [-0.2, 0) is 9.84 Å². The minimum atomic E-state index is -2.88. The first kappa shape index (κ1) is 17.0. The first-order valence-corrected chi connectivity index (χ1v) is 11.6. The zero-order valence-corrected chi connectivity index (χ0v) is 15.1. The van der Waals surface area contributed by atoms with Gasteiger partial charge in [-0.3, -0.25) is 0 Å². The number of nitrogens with one attached hydrogen (secondary N) is 1. The molecule has 118 valence electrons. The van der Waals surface area contributed by atoms with Crippen molar-refractivity contribution in [2.45, 2.75) is 54.4 Å². The van der Waals surface area contributed by atoms with Gasteiger partial charge in [-0.25, -0.2) is 8.42 Å². The number of hydrogen-bond donors (Lipinski definition) is 1. The standard InChI is InChI=1S/C14H27NO2S3/c1-10-14(19-8-7-18-10)13(15-2)11-5-4-6-12(9-11)20(3,16)17/h10-15H,4-9H2,1-3H3. The highest BCUT2D eigenvalue weighted by atomic mass is 32.2. The van der Waals surface area contributed by atoms with Crippen LogP contribution in [0.4, 0.5) is 0 Å². The Morgan fingerprint density at radius 2 is 1.90 bits per heavy atom. The van der Waals surface area contributed by atoms with E-state index in [2.05, 4.69) is 35.8 Å². The maximum atomic E-state index is 11.9. The molecule has 20 heavy (non-hydrogen) atoms. The highest BCUT2D eigenvalue weighted by molar-refractivity contribution is 8.07. The Kier molecular flexibility index (Phi) is 6.15. The second-order valence-corrected chi connectivity index (χ2v) is 11.2. The van der Waals surface area contributed by atoms with E-state index in [1.54, 1.807) is 0 Å². The molecule has 0 spiro atoms. The highest BCUT2D eigenvalue weighted by Gasteiger charge is 2.38. The Morgan fingerprint density at radius 1 is 1.20 bits per heavy atom. The van der Waals surface area contributed by atoms with Gasteiger partial charge < -0.3 is 5.32 Å². The van der Waals surface area contributed by atoms with E-state index in [9.17, 15) is 8.42 Å². The normalized spacial score (nSPS) is 37.5. The molecule has 1 aliphatic heterocycles. The number of rotatable bonds is 4. The van der Waals surface area contributed by atoms with Crippen LogP contribution in [0.1, 0.15) is 32.6 Å². The van der Waals surface area contributed by atoms with Crippen molar-refractivity contribution in [2.75, 3.05) is 24.8 Å². The van der Waals surface area contributed by atoms with Crippen LogP contribution < -0.4 is 5.32 Å². The molecule has 1 heterocycles. The average molecular weight is 338 g/mol. The lowest BCUT2D eigenvalue weighted by Gasteiger charge is -2.41. The Balaban J connectivity index is 2.06. The quantitative estimate of drug-likeness (QED) is 0.853. The highest BCUT2D eigenvalue weighted by Crippen LogP contribution is 2.39. The lowest BCUT2D eigenvalue weighted by atomic mass is 9.81. The summed E-state index contributed by atoms with van der Waals surface area (Å²) in [6.45, 7) is 2.32. The third kappa shape index (κ3) is 4.08. The summed E-state index contributed by atoms with van der Waals surface area (Å²) in [5.74, 6) is 2.97. The number of thioether (sulfide) groups is 2. The van der Waals surface area contributed by atoms with Crippen LogP contribution in [0, 0.1) is 5.92 Å². The van der Waals surface area contributed by atoms with Gasteiger partial charge in [0, 0.05) is 34.3 Å². The summed E-state index contributed by atoms with van der Waals surface area (Å²) in [4.78, 5) is 0. The number of sulfone groups is 1. The molecule has 0 radical (unpaired) electrons. The van der Waals surface area contributed by atoms with E-state index >= 15 is 0 Å². The Labute approximate surface area is 132 Å². The van der Waals surface area contributed by atoms with Crippen molar-refractivity contribution in [1.29, 1.82) is 0 Å². The summed E-state index contributed by atoms with van der Waals surface area (Å²) in [6, 6.07) is 0.451. The first-order chi connectivity index (χ1) is 9.43. The van der Waals surface area contributed by atoms with Gasteiger partial charge in [0.1, 0.15) is 9.84 Å². The van der Waals surface area contributed by atoms with Crippen LogP contribution in [0.5, 0.6) is 0 Å². The van der Waals surface area contributed by atoms with Crippen LogP contribution in [-0.4, -0.2) is 55.0 Å². The molecule has 2 rings (SSSR count). The zero-order valence-electron chi connectivity index (χ0n) is 12.7. The van der Waals surface area contributed by atoms with Crippen molar-refractivity contribution in [2.24, 2.45) is 5.92 Å². The van der Waals surface area contributed by atoms with Crippen LogP contribution in [0.15, 0.2) is 0 Å². The summed E-state index contributed by atoms with van der Waals surface area (Å²) in [5, 5.41) is 4.67. The third-order valence-corrected chi connectivity index (χ3v) is 9.56. The SMILES string of the molecule is CNC(C1CCCC(S(C)(=O)=O)C1)C1SCCSC1C. The largest absolute Gasteiger partial charge is 0.316 e. The van der Waals surface area contributed by atoms with E-state index in [-0.39, 0.29) is 5.25 Å². The summed E-state index contributed by atoms with van der Waals surface area (Å²) < 4.78 is 23.7. The van der Waals surface area contributed by atoms with E-state index in [4.69, 9.17) is 0 Å². The second kappa shape index (κ2) is 7.25. The van der Waals surface area contributed by atoms with Gasteiger partial charge in [0.15, 0.2) is 0 Å². The lowest BCUT2D eigenvalue weighted by Crippen LogP contribution is -2.49. The van der Waals surface area contributed by atoms with Crippen molar-refractivity contribution in [3.05, 3.63) is 0 Å².